The molecular formula is C13H21NO4. The Bertz CT molecular complexity index is 335. The smallest absolute Gasteiger partial charge is 0.203 e. The lowest BCUT2D eigenvalue weighted by molar-refractivity contribution is 0.177. The van der Waals surface area contributed by atoms with Crippen molar-refractivity contribution in [2.75, 3.05) is 34.0 Å². The molecule has 0 aromatic heterocycles. The minimum absolute atomic E-state index is 0.0192. The maximum absolute atomic E-state index is 9.18. The highest BCUT2D eigenvalue weighted by atomic mass is 16.5. The molecule has 0 aliphatic heterocycles. The van der Waals surface area contributed by atoms with Crippen molar-refractivity contribution in [3.63, 3.8) is 0 Å². The van der Waals surface area contributed by atoms with Gasteiger partial charge in [-0.3, -0.25) is 0 Å². The Morgan fingerprint density at radius 3 is 2.28 bits per heavy atom. The predicted molar refractivity (Wildman–Crippen MR) is 69.6 cm³/mol. The molecule has 0 fully saturated rings. The third kappa shape index (κ3) is 3.78. The maximum atomic E-state index is 9.18. The molecule has 0 aliphatic carbocycles. The van der Waals surface area contributed by atoms with Gasteiger partial charge in [-0.15, -0.1) is 0 Å². The van der Waals surface area contributed by atoms with Gasteiger partial charge in [-0.25, -0.2) is 0 Å². The van der Waals surface area contributed by atoms with Gasteiger partial charge in [0.25, 0.3) is 0 Å². The van der Waals surface area contributed by atoms with E-state index in [1.165, 1.54) is 0 Å². The fraction of sp³-hybridized carbons (Fsp3) is 0.538. The molecule has 1 atom stereocenters. The molecule has 0 heterocycles. The molecule has 2 N–H and O–H groups in total. The molecule has 5 nitrogen and oxygen atoms in total. The summed E-state index contributed by atoms with van der Waals surface area (Å²) in [4.78, 5) is 0. The lowest BCUT2D eigenvalue weighted by Crippen LogP contribution is -2.37. The first-order chi connectivity index (χ1) is 8.76. The van der Waals surface area contributed by atoms with Crippen LogP contribution in [0.5, 0.6) is 17.2 Å². The summed E-state index contributed by atoms with van der Waals surface area (Å²) in [5.74, 6) is 1.78. The van der Waals surface area contributed by atoms with Crippen molar-refractivity contribution in [2.24, 2.45) is 0 Å². The van der Waals surface area contributed by atoms with E-state index in [0.717, 1.165) is 6.54 Å². The number of rotatable bonds is 8. The Morgan fingerprint density at radius 1 is 1.22 bits per heavy atom. The minimum Gasteiger partial charge on any atom is -0.493 e. The second kappa shape index (κ2) is 7.79. The van der Waals surface area contributed by atoms with E-state index in [9.17, 15) is 5.11 Å². The number of methoxy groups -OCH3 is 2. The number of hydrogen-bond donors (Lipinski definition) is 2. The number of aliphatic hydroxyl groups excluding tert-OH is 1. The minimum atomic E-state index is -0.107. The van der Waals surface area contributed by atoms with E-state index >= 15 is 0 Å². The van der Waals surface area contributed by atoms with E-state index in [-0.39, 0.29) is 12.6 Å². The first-order valence-electron chi connectivity index (χ1n) is 5.94. The Kier molecular flexibility index (Phi) is 6.32. The number of ether oxygens (including phenoxy) is 3. The van der Waals surface area contributed by atoms with Crippen LogP contribution in [-0.2, 0) is 0 Å². The summed E-state index contributed by atoms with van der Waals surface area (Å²) in [5.41, 5.74) is 0. The molecular weight excluding hydrogens is 234 g/mol. The Hall–Kier alpha value is -1.46. The van der Waals surface area contributed by atoms with Crippen molar-refractivity contribution in [2.45, 2.75) is 13.0 Å². The van der Waals surface area contributed by atoms with E-state index in [1.54, 1.807) is 26.4 Å². The standard InChI is InChI=1S/C13H21NO4/c1-4-14-10(8-15)9-18-13-11(16-2)6-5-7-12(13)17-3/h5-7,10,14-15H,4,8-9H2,1-3H3. The molecule has 18 heavy (non-hydrogen) atoms. The van der Waals surface area contributed by atoms with Crippen molar-refractivity contribution < 1.29 is 19.3 Å². The third-order valence-electron chi connectivity index (χ3n) is 2.52. The zero-order valence-corrected chi connectivity index (χ0v) is 11.1. The Balaban J connectivity index is 2.75. The van der Waals surface area contributed by atoms with Crippen LogP contribution in [0.4, 0.5) is 0 Å². The molecule has 0 amide bonds. The lowest BCUT2D eigenvalue weighted by atomic mass is 10.3. The topological polar surface area (TPSA) is 60.0 Å². The number of nitrogens with one attached hydrogen (secondary N) is 1. The fourth-order valence-electron chi connectivity index (χ4n) is 1.61. The second-order valence-corrected chi connectivity index (χ2v) is 3.74. The Morgan fingerprint density at radius 2 is 1.83 bits per heavy atom. The van der Waals surface area contributed by atoms with Crippen LogP contribution in [0.2, 0.25) is 0 Å². The van der Waals surface area contributed by atoms with Gasteiger partial charge in [0.05, 0.1) is 26.9 Å². The second-order valence-electron chi connectivity index (χ2n) is 3.74. The number of hydrogen-bond acceptors (Lipinski definition) is 5. The van der Waals surface area contributed by atoms with Gasteiger partial charge in [0.2, 0.25) is 5.75 Å². The quantitative estimate of drug-likeness (QED) is 0.727. The summed E-state index contributed by atoms with van der Waals surface area (Å²) < 4.78 is 16.1. The fourth-order valence-corrected chi connectivity index (χ4v) is 1.61. The third-order valence-corrected chi connectivity index (χ3v) is 2.52. The SMILES string of the molecule is CCNC(CO)COc1c(OC)cccc1OC. The molecule has 0 saturated heterocycles. The van der Waals surface area contributed by atoms with Crippen molar-refractivity contribution in [1.29, 1.82) is 0 Å². The molecule has 0 spiro atoms. The molecule has 5 heteroatoms. The molecule has 0 saturated carbocycles. The van der Waals surface area contributed by atoms with Gasteiger partial charge in [0, 0.05) is 0 Å². The molecule has 102 valence electrons. The number of aliphatic hydroxyl groups is 1. The van der Waals surface area contributed by atoms with Gasteiger partial charge in [0.1, 0.15) is 6.61 Å². The van der Waals surface area contributed by atoms with Gasteiger partial charge in [-0.05, 0) is 18.7 Å². The largest absolute Gasteiger partial charge is 0.493 e. The van der Waals surface area contributed by atoms with Crippen molar-refractivity contribution in [3.8, 4) is 17.2 Å². The summed E-state index contributed by atoms with van der Waals surface area (Å²) >= 11 is 0. The van der Waals surface area contributed by atoms with Gasteiger partial charge < -0.3 is 24.6 Å². The first-order valence-corrected chi connectivity index (χ1v) is 5.94. The Labute approximate surface area is 108 Å². The van der Waals surface area contributed by atoms with Crippen LogP contribution >= 0.6 is 0 Å². The molecule has 1 aromatic carbocycles. The molecule has 1 aromatic rings. The number of benzene rings is 1. The van der Waals surface area contributed by atoms with E-state index in [0.29, 0.717) is 23.9 Å². The van der Waals surface area contributed by atoms with Crippen LogP contribution in [0.15, 0.2) is 18.2 Å². The van der Waals surface area contributed by atoms with Crippen LogP contribution in [0.1, 0.15) is 6.92 Å². The summed E-state index contributed by atoms with van der Waals surface area (Å²) in [6.45, 7) is 3.12. The van der Waals surface area contributed by atoms with E-state index in [1.807, 2.05) is 13.0 Å². The summed E-state index contributed by atoms with van der Waals surface area (Å²) in [5, 5.41) is 12.3. The van der Waals surface area contributed by atoms with E-state index in [4.69, 9.17) is 14.2 Å². The summed E-state index contributed by atoms with van der Waals surface area (Å²) in [7, 11) is 3.16. The van der Waals surface area contributed by atoms with Gasteiger partial charge in [-0.1, -0.05) is 13.0 Å². The van der Waals surface area contributed by atoms with Crippen LogP contribution in [-0.4, -0.2) is 45.1 Å². The highest BCUT2D eigenvalue weighted by Gasteiger charge is 2.13. The average Bonchev–Trinajstić information content (AvgIpc) is 2.42. The summed E-state index contributed by atoms with van der Waals surface area (Å²) in [6.07, 6.45) is 0. The predicted octanol–water partition coefficient (Wildman–Crippen LogP) is 1.05. The number of likely N-dealkylation sites (N-methyl/N-ethyl adjacent to an activating group) is 1. The van der Waals surface area contributed by atoms with Crippen LogP contribution in [0.3, 0.4) is 0 Å². The molecule has 1 unspecified atom stereocenters. The highest BCUT2D eigenvalue weighted by molar-refractivity contribution is 5.51. The van der Waals surface area contributed by atoms with Crippen molar-refractivity contribution in [1.82, 2.24) is 5.32 Å². The van der Waals surface area contributed by atoms with E-state index in [2.05, 4.69) is 5.32 Å². The maximum Gasteiger partial charge on any atom is 0.203 e. The molecule has 0 aliphatic rings. The first kappa shape index (κ1) is 14.6. The molecule has 0 bridgehead atoms. The molecule has 1 rings (SSSR count). The zero-order valence-electron chi connectivity index (χ0n) is 11.1. The summed E-state index contributed by atoms with van der Waals surface area (Å²) in [6, 6.07) is 5.33. The van der Waals surface area contributed by atoms with Crippen LogP contribution in [0, 0.1) is 0 Å². The average molecular weight is 255 g/mol. The van der Waals surface area contributed by atoms with Gasteiger partial charge >= 0.3 is 0 Å². The zero-order chi connectivity index (χ0) is 13.4. The van der Waals surface area contributed by atoms with Crippen LogP contribution in [0.25, 0.3) is 0 Å². The van der Waals surface area contributed by atoms with Crippen molar-refractivity contribution in [3.05, 3.63) is 18.2 Å². The molecule has 0 radical (unpaired) electrons. The van der Waals surface area contributed by atoms with Gasteiger partial charge in [-0.2, -0.15) is 0 Å². The van der Waals surface area contributed by atoms with Gasteiger partial charge in [0.15, 0.2) is 11.5 Å². The normalized spacial score (nSPS) is 12.0. The van der Waals surface area contributed by atoms with E-state index < -0.39 is 0 Å². The van der Waals surface area contributed by atoms with Crippen molar-refractivity contribution >= 4 is 0 Å². The monoisotopic (exact) mass is 255 g/mol. The highest BCUT2D eigenvalue weighted by Crippen LogP contribution is 2.36. The lowest BCUT2D eigenvalue weighted by Gasteiger charge is -2.18. The van der Waals surface area contributed by atoms with Crippen LogP contribution < -0.4 is 19.5 Å². The number of para-hydroxylation sites is 1.